The Kier molecular flexibility index (Phi) is 2.61. The van der Waals surface area contributed by atoms with Crippen LogP contribution in [0.4, 0.5) is 4.39 Å². The lowest BCUT2D eigenvalue weighted by atomic mass is 9.63. The summed E-state index contributed by atoms with van der Waals surface area (Å²) in [5.41, 5.74) is 2.73. The molecule has 5 heterocycles. The fraction of sp³-hybridized carbons (Fsp3) is 0.500. The zero-order valence-corrected chi connectivity index (χ0v) is 14.0. The molecule has 1 aliphatic carbocycles. The van der Waals surface area contributed by atoms with Gasteiger partial charge in [-0.15, -0.1) is 11.3 Å². The van der Waals surface area contributed by atoms with E-state index in [1.54, 1.807) is 17.4 Å². The number of amidine groups is 1. The maximum atomic E-state index is 13.4. The Morgan fingerprint density at radius 3 is 2.83 bits per heavy atom. The number of nitrogens with one attached hydrogen (secondary N) is 1. The molecule has 1 saturated carbocycles. The van der Waals surface area contributed by atoms with Crippen molar-refractivity contribution in [2.45, 2.75) is 18.6 Å². The van der Waals surface area contributed by atoms with Crippen molar-refractivity contribution in [1.29, 1.82) is 0 Å². The van der Waals surface area contributed by atoms with Gasteiger partial charge in [0.05, 0.1) is 4.88 Å². The topological polar surface area (TPSA) is 36.9 Å². The smallest absolute Gasteiger partial charge is 0.195 e. The molecular weight excluding hydrogens is 325 g/mol. The van der Waals surface area contributed by atoms with E-state index in [2.05, 4.69) is 16.4 Å². The van der Waals surface area contributed by atoms with Gasteiger partial charge in [-0.1, -0.05) is 6.07 Å². The molecule has 24 heavy (non-hydrogen) atoms. The van der Waals surface area contributed by atoms with Crippen LogP contribution in [-0.4, -0.2) is 36.1 Å². The SMILES string of the molecule is Fc1ccc2cc(C3=NC4(ON3)C3CC5CC4CN(C5)C3)sc2c1. The highest BCUT2D eigenvalue weighted by Crippen LogP contribution is 2.53. The Bertz CT molecular complexity index is 848. The number of nitrogens with zero attached hydrogens (tertiary/aromatic N) is 2. The number of rotatable bonds is 1. The van der Waals surface area contributed by atoms with E-state index in [-0.39, 0.29) is 11.5 Å². The van der Waals surface area contributed by atoms with Gasteiger partial charge in [0.15, 0.2) is 11.6 Å². The minimum atomic E-state index is -0.385. The second kappa shape index (κ2) is 4.56. The summed E-state index contributed by atoms with van der Waals surface area (Å²) in [6.45, 7) is 3.46. The molecule has 2 atom stereocenters. The van der Waals surface area contributed by atoms with Crippen LogP contribution in [0.2, 0.25) is 0 Å². The van der Waals surface area contributed by atoms with E-state index < -0.39 is 0 Å². The minimum absolute atomic E-state index is 0.194. The average molecular weight is 343 g/mol. The third-order valence-electron chi connectivity index (χ3n) is 6.19. The van der Waals surface area contributed by atoms with Crippen LogP contribution in [0.1, 0.15) is 17.7 Å². The maximum Gasteiger partial charge on any atom is 0.195 e. The third-order valence-corrected chi connectivity index (χ3v) is 7.30. The third kappa shape index (κ3) is 1.76. The highest BCUT2D eigenvalue weighted by atomic mass is 32.1. The zero-order chi connectivity index (χ0) is 15.9. The number of benzene rings is 1. The molecule has 1 N–H and O–H groups in total. The molecule has 1 spiro atoms. The summed E-state index contributed by atoms with van der Waals surface area (Å²) >= 11 is 1.57. The van der Waals surface area contributed by atoms with Crippen molar-refractivity contribution in [2.24, 2.45) is 22.7 Å². The Labute approximate surface area is 143 Å². The highest BCUT2D eigenvalue weighted by Gasteiger charge is 2.60. The van der Waals surface area contributed by atoms with E-state index >= 15 is 0 Å². The van der Waals surface area contributed by atoms with Gasteiger partial charge in [0.25, 0.3) is 0 Å². The molecule has 4 bridgehead atoms. The van der Waals surface area contributed by atoms with Gasteiger partial charge in [-0.3, -0.25) is 0 Å². The maximum absolute atomic E-state index is 13.4. The van der Waals surface area contributed by atoms with Gasteiger partial charge in [-0.2, -0.15) is 0 Å². The van der Waals surface area contributed by atoms with Gasteiger partial charge in [0.1, 0.15) is 5.82 Å². The number of hydrogen-bond donors (Lipinski definition) is 1. The fourth-order valence-corrected chi connectivity index (χ4v) is 6.29. The Morgan fingerprint density at radius 1 is 1.21 bits per heavy atom. The molecule has 1 aromatic carbocycles. The lowest BCUT2D eigenvalue weighted by Crippen LogP contribution is -2.66. The van der Waals surface area contributed by atoms with Crippen molar-refractivity contribution in [3.05, 3.63) is 35.0 Å². The molecular formula is C18H18FN3OS. The summed E-state index contributed by atoms with van der Waals surface area (Å²) < 4.78 is 14.4. The van der Waals surface area contributed by atoms with E-state index in [4.69, 9.17) is 9.83 Å². The molecule has 2 unspecified atom stereocenters. The van der Waals surface area contributed by atoms with Crippen molar-refractivity contribution in [3.8, 4) is 0 Å². The normalized spacial score (nSPS) is 39.6. The van der Waals surface area contributed by atoms with Crippen molar-refractivity contribution < 1.29 is 9.23 Å². The quantitative estimate of drug-likeness (QED) is 0.865. The van der Waals surface area contributed by atoms with Gasteiger partial charge in [-0.25, -0.2) is 19.7 Å². The van der Waals surface area contributed by atoms with Crippen LogP contribution in [0.3, 0.4) is 0 Å². The fourth-order valence-electron chi connectivity index (χ4n) is 5.27. The summed E-state index contributed by atoms with van der Waals surface area (Å²) in [5, 5.41) is 1.05. The molecule has 3 saturated heterocycles. The molecule has 0 amide bonds. The Hall–Kier alpha value is -1.50. The van der Waals surface area contributed by atoms with Crippen molar-refractivity contribution in [1.82, 2.24) is 10.4 Å². The second-order valence-electron chi connectivity index (χ2n) is 7.66. The van der Waals surface area contributed by atoms with Crippen molar-refractivity contribution in [3.63, 3.8) is 0 Å². The molecule has 4 nitrogen and oxygen atoms in total. The number of piperidine rings is 3. The molecule has 4 aliphatic heterocycles. The van der Waals surface area contributed by atoms with Crippen LogP contribution in [0, 0.1) is 23.6 Å². The van der Waals surface area contributed by atoms with Crippen LogP contribution >= 0.6 is 11.3 Å². The van der Waals surface area contributed by atoms with Crippen LogP contribution in [0.5, 0.6) is 0 Å². The summed E-state index contributed by atoms with van der Waals surface area (Å²) in [4.78, 5) is 14.8. The monoisotopic (exact) mass is 343 g/mol. The average Bonchev–Trinajstić information content (AvgIpc) is 3.16. The van der Waals surface area contributed by atoms with Crippen LogP contribution < -0.4 is 5.48 Å². The van der Waals surface area contributed by atoms with Crippen LogP contribution in [0.25, 0.3) is 10.1 Å². The molecule has 0 radical (unpaired) electrons. The van der Waals surface area contributed by atoms with E-state index in [9.17, 15) is 4.39 Å². The number of hydroxylamine groups is 1. The summed E-state index contributed by atoms with van der Waals surface area (Å²) in [6.07, 6.45) is 2.45. The second-order valence-corrected chi connectivity index (χ2v) is 8.74. The van der Waals surface area contributed by atoms with E-state index in [1.807, 2.05) is 6.07 Å². The van der Waals surface area contributed by atoms with E-state index in [0.29, 0.717) is 11.8 Å². The Balaban J connectivity index is 1.41. The van der Waals surface area contributed by atoms with Gasteiger partial charge >= 0.3 is 0 Å². The number of hydrogen-bond acceptors (Lipinski definition) is 5. The Morgan fingerprint density at radius 2 is 2.04 bits per heavy atom. The molecule has 6 heteroatoms. The minimum Gasteiger partial charge on any atom is -0.302 e. The van der Waals surface area contributed by atoms with E-state index in [0.717, 1.165) is 39.8 Å². The van der Waals surface area contributed by atoms with E-state index in [1.165, 1.54) is 25.5 Å². The standard InChI is InChI=1S/C18H18FN3OS/c19-14-2-1-11-5-16(24-15(11)6-14)17-20-18(23-21-17)12-3-10-4-13(18)9-22(7-10)8-12/h1-2,5-6,10,12-13H,3-4,7-9H2,(H,20,21). The van der Waals surface area contributed by atoms with Gasteiger partial charge < -0.3 is 4.90 Å². The summed E-state index contributed by atoms with van der Waals surface area (Å²) in [7, 11) is 0. The van der Waals surface area contributed by atoms with Crippen molar-refractivity contribution in [2.75, 3.05) is 19.6 Å². The predicted octanol–water partition coefficient (Wildman–Crippen LogP) is 2.99. The number of halogens is 1. The highest BCUT2D eigenvalue weighted by molar-refractivity contribution is 7.20. The van der Waals surface area contributed by atoms with Gasteiger partial charge in [0, 0.05) is 36.2 Å². The van der Waals surface area contributed by atoms with Gasteiger partial charge in [0.2, 0.25) is 0 Å². The van der Waals surface area contributed by atoms with Gasteiger partial charge in [-0.05, 0) is 42.3 Å². The first kappa shape index (κ1) is 13.8. The molecule has 2 aromatic rings. The van der Waals surface area contributed by atoms with Crippen molar-refractivity contribution >= 4 is 27.3 Å². The number of aliphatic imine (C=N–C) groups is 1. The zero-order valence-electron chi connectivity index (χ0n) is 13.2. The van der Waals surface area contributed by atoms with Crippen LogP contribution in [0.15, 0.2) is 29.3 Å². The molecule has 7 rings (SSSR count). The lowest BCUT2D eigenvalue weighted by molar-refractivity contribution is -0.212. The van der Waals surface area contributed by atoms with Crippen LogP contribution in [-0.2, 0) is 4.84 Å². The lowest BCUT2D eigenvalue weighted by Gasteiger charge is -2.58. The molecule has 5 aliphatic rings. The predicted molar refractivity (Wildman–Crippen MR) is 91.4 cm³/mol. The number of fused-ring (bicyclic) bond motifs is 1. The largest absolute Gasteiger partial charge is 0.302 e. The molecule has 4 fully saturated rings. The number of thiophene rings is 1. The molecule has 124 valence electrons. The first-order valence-electron chi connectivity index (χ1n) is 8.65. The molecule has 1 aromatic heterocycles. The first-order chi connectivity index (χ1) is 11.7. The summed E-state index contributed by atoms with van der Waals surface area (Å²) in [5.74, 6) is 2.42. The summed E-state index contributed by atoms with van der Waals surface area (Å²) in [6, 6.07) is 7.00. The first-order valence-corrected chi connectivity index (χ1v) is 9.47.